The van der Waals surface area contributed by atoms with E-state index in [-0.39, 0.29) is 36.4 Å². The normalized spacial score (nSPS) is 14.9. The van der Waals surface area contributed by atoms with Gasteiger partial charge in [0.05, 0.1) is 113 Å². The summed E-state index contributed by atoms with van der Waals surface area (Å²) in [6.45, 7) is 0. The molecule has 8 aromatic carbocycles. The SMILES string of the molecule is O=C1c2[nH]c3c(c4nc(c(-c5c(F)c(F)c(F)c(F)c5F)c5ccc([nH]5)c(-c5c(F)c(F)c(F)c(F)c5F)c5nc(c2-c2c(F)c(F)c(F)c(F)c2F)C(C26Oc7c(F)c(F)c(F)c(F)c7-c7c8nc(c(-c9c(F)c(F)c(F)c(F)c9F)c9ccc([nH]9)c(-c9c(F)c(F)c(F)c(F)c9F)c9nc(c(-c%10c(F)c(F)c(F)c(F)c%10F)c([nH]c72)C6=O)C=C9)C=C8)=C5)C=C4)-c2c(F)c(F)c(F)c(F)c2OC13. The average Bonchev–Trinajstić information content (AvgIpc) is 1.50. The summed E-state index contributed by atoms with van der Waals surface area (Å²) in [5.74, 6) is -130. The molecule has 0 radical (unpaired) electrons. The highest BCUT2D eigenvalue weighted by molar-refractivity contribution is 6.22. The second-order valence-corrected chi connectivity index (χ2v) is 30.0. The lowest BCUT2D eigenvalue weighted by atomic mass is 9.77. The van der Waals surface area contributed by atoms with Crippen LogP contribution in [0.3, 0.4) is 0 Å². The van der Waals surface area contributed by atoms with Crippen LogP contribution in [0.5, 0.6) is 11.5 Å². The minimum Gasteiger partial charge on any atom is -0.472 e. The Bertz CT molecular complexity index is 8410. The van der Waals surface area contributed by atoms with Crippen molar-refractivity contribution in [3.63, 3.8) is 0 Å². The Labute approximate surface area is 731 Å². The van der Waals surface area contributed by atoms with E-state index < -0.39 is 447 Å². The Hall–Kier alpha value is -16.2. The molecule has 8 aliphatic rings. The summed E-state index contributed by atoms with van der Waals surface area (Å²) < 4.78 is 645. The van der Waals surface area contributed by atoms with Gasteiger partial charge < -0.3 is 29.4 Å². The van der Waals surface area contributed by atoms with Gasteiger partial charge >= 0.3 is 0 Å². The van der Waals surface area contributed by atoms with Crippen LogP contribution in [0.25, 0.3) is 159 Å². The van der Waals surface area contributed by atoms with Crippen LogP contribution >= 0.6 is 0 Å². The molecule has 0 saturated carbocycles. The number of aromatic amines is 4. The van der Waals surface area contributed by atoms with Crippen molar-refractivity contribution in [2.45, 2.75) is 11.7 Å². The van der Waals surface area contributed by atoms with Crippen LogP contribution in [-0.2, 0) is 5.60 Å². The van der Waals surface area contributed by atoms with E-state index >= 15 is 176 Å². The van der Waals surface area contributed by atoms with E-state index in [0.29, 0.717) is 24.3 Å². The molecule has 698 valence electrons. The third-order valence-corrected chi connectivity index (χ3v) is 22.9. The number of hydrogen-bond acceptors (Lipinski definition) is 8. The molecule has 0 saturated heterocycles. The molecule has 2 atom stereocenters. The van der Waals surface area contributed by atoms with E-state index in [2.05, 4.69) is 19.9 Å². The van der Waals surface area contributed by atoms with Crippen LogP contribution < -0.4 is 9.47 Å². The fourth-order valence-corrected chi connectivity index (χ4v) is 16.9. The van der Waals surface area contributed by atoms with Gasteiger partial charge in [-0.2, -0.15) is 8.78 Å². The second-order valence-electron chi connectivity index (χ2n) is 30.0. The third kappa shape index (κ3) is 11.7. The van der Waals surface area contributed by atoms with Crippen LogP contribution in [0, 0.1) is 221 Å². The van der Waals surface area contributed by atoms with E-state index in [1.54, 1.807) is 4.98 Å². The van der Waals surface area contributed by atoms with E-state index in [1.807, 2.05) is 15.0 Å². The second kappa shape index (κ2) is 30.4. The number of fused-ring (bicyclic) bond motifs is 20. The van der Waals surface area contributed by atoms with E-state index in [1.165, 1.54) is 0 Å². The number of rotatable bonds is 7. The van der Waals surface area contributed by atoms with Gasteiger partial charge in [0.1, 0.15) is 0 Å². The van der Waals surface area contributed by atoms with Crippen LogP contribution in [-0.4, -0.2) is 51.4 Å². The number of ketones is 2. The first-order chi connectivity index (χ1) is 65.1. The molecule has 12 nitrogen and oxygen atoms in total. The molecule has 0 aliphatic carbocycles. The van der Waals surface area contributed by atoms with Gasteiger partial charge in [-0.05, 0) is 66.8 Å². The van der Waals surface area contributed by atoms with Gasteiger partial charge in [-0.15, -0.1) is 0 Å². The molecule has 8 aliphatic heterocycles. The molecule has 0 spiro atoms. The highest BCUT2D eigenvalue weighted by atomic mass is 19.2. The summed E-state index contributed by atoms with van der Waals surface area (Å²) in [4.78, 5) is 57.4. The van der Waals surface area contributed by atoms with Crippen molar-refractivity contribution < 1.29 is 186 Å². The zero-order chi connectivity index (χ0) is 99.2. The number of hydrogen-bond donors (Lipinski definition) is 4. The number of nitrogens with one attached hydrogen (secondary N) is 4. The summed E-state index contributed by atoms with van der Waals surface area (Å²) in [6, 6.07) is 0.899. The van der Waals surface area contributed by atoms with Crippen molar-refractivity contribution in [3.05, 3.63) is 314 Å². The number of Topliss-reactive ketones (excluding diaryl/α,β-unsaturated/α-hetero) is 2. The molecular formula is C88H16F38N8O4. The largest absolute Gasteiger partial charge is 0.472 e. The summed E-state index contributed by atoms with van der Waals surface area (Å²) in [5, 5.41) is 0. The van der Waals surface area contributed by atoms with Gasteiger partial charge in [-0.25, -0.2) is 178 Å². The maximum atomic E-state index is 18.2. The van der Waals surface area contributed by atoms with E-state index in [9.17, 15) is 0 Å². The molecule has 4 aromatic heterocycles. The van der Waals surface area contributed by atoms with Gasteiger partial charge in [0.15, 0.2) is 174 Å². The lowest BCUT2D eigenvalue weighted by molar-refractivity contribution is 0.0639. The zero-order valence-electron chi connectivity index (χ0n) is 64.7. The maximum Gasteiger partial charge on any atom is 0.240 e. The van der Waals surface area contributed by atoms with Gasteiger partial charge in [0.2, 0.25) is 81.4 Å². The number of H-pyrrole nitrogens is 4. The summed E-state index contributed by atoms with van der Waals surface area (Å²) in [5.41, 5.74) is -74.1. The summed E-state index contributed by atoms with van der Waals surface area (Å²) >= 11 is 0. The Morgan fingerprint density at radius 3 is 0.819 bits per heavy atom. The lowest BCUT2D eigenvalue weighted by Gasteiger charge is -2.36. The lowest BCUT2D eigenvalue weighted by Crippen LogP contribution is -2.43. The number of aromatic nitrogens is 8. The highest BCUT2D eigenvalue weighted by Crippen LogP contribution is 2.62. The molecule has 16 bridgehead atoms. The van der Waals surface area contributed by atoms with Crippen molar-refractivity contribution >= 4 is 81.7 Å². The van der Waals surface area contributed by atoms with Gasteiger partial charge in [-0.3, -0.25) is 9.59 Å². The average molecular weight is 1970 g/mol. The molecule has 0 fully saturated rings. The predicted octanol–water partition coefficient (Wildman–Crippen LogP) is 25.5. The van der Waals surface area contributed by atoms with Gasteiger partial charge in [-0.1, -0.05) is 0 Å². The molecule has 12 heterocycles. The van der Waals surface area contributed by atoms with Crippen LogP contribution in [0.4, 0.5) is 167 Å². The van der Waals surface area contributed by atoms with Gasteiger partial charge in [0, 0.05) is 72.1 Å². The number of benzene rings is 8. The van der Waals surface area contributed by atoms with Crippen LogP contribution in [0.15, 0.2) is 24.3 Å². The molecule has 12 aromatic rings. The van der Waals surface area contributed by atoms with E-state index in [0.717, 1.165) is 0 Å². The Morgan fingerprint density at radius 2 is 0.486 bits per heavy atom. The van der Waals surface area contributed by atoms with Crippen molar-refractivity contribution in [1.29, 1.82) is 0 Å². The molecule has 4 N–H and O–H groups in total. The minimum absolute atomic E-state index is 0.00653. The minimum atomic E-state index is -5.24. The molecule has 20 rings (SSSR count). The number of ether oxygens (including phenoxy) is 2. The van der Waals surface area contributed by atoms with E-state index in [4.69, 9.17) is 9.47 Å². The quantitative estimate of drug-likeness (QED) is 0.0695. The topological polar surface area (TPSA) is 167 Å². The molecular weight excluding hydrogens is 1950 g/mol. The third-order valence-electron chi connectivity index (χ3n) is 22.9. The Balaban J connectivity index is 1.09. The molecule has 0 amide bonds. The van der Waals surface area contributed by atoms with Crippen molar-refractivity contribution in [2.24, 2.45) is 0 Å². The zero-order valence-corrected chi connectivity index (χ0v) is 64.7. The van der Waals surface area contributed by atoms with Crippen molar-refractivity contribution in [2.75, 3.05) is 0 Å². The standard InChI is InChI=1S/C88H16F38N8O4/c89-40-31(41(90)55(104)68(117)54(40)103)24-13-1-2-14(127-13)26(33-44(93)58(107)70(119)59(108)45(33)94)18-7-10-22(131-18)30-38-53(102)67(116)75(124)77(126)84(38)138-88(86(30)134-81(87(88)136)28(20-8-5-16(24)129-20)35-48(97)62(111)72(121)63(112)49(35)98)12-11-23-27(34-46(95)60(109)71(120)61(110)47(34)96)19-4-3-15(128-19)25(32-42(91)56(105)69(118)57(106)43(32)92)17-6-9-21(130-17)29-37-52(101)66(115)74(123)76(125)83(37)137-85-80(29)133-79(82(85)135)39(78(12)132-23)36-50(99)64(113)73(122)65(114)51(36)100/h1-11,85,127-128,133-134H. The molecule has 2 unspecified atom stereocenters. The molecule has 138 heavy (non-hydrogen) atoms. The first-order valence-corrected chi connectivity index (χ1v) is 37.4. The fourth-order valence-electron chi connectivity index (χ4n) is 16.9. The fraction of sp³-hybridized carbons (Fsp3) is 0.0227. The number of carbonyl (C=O) groups excluding carboxylic acids is 2. The van der Waals surface area contributed by atoms with Crippen LogP contribution in [0.1, 0.15) is 84.0 Å². The first-order valence-electron chi connectivity index (χ1n) is 37.4. The summed E-state index contributed by atoms with van der Waals surface area (Å²) in [6.07, 6.45) is -2.96. The predicted molar refractivity (Wildman–Crippen MR) is 396 cm³/mol. The van der Waals surface area contributed by atoms with Crippen LogP contribution in [0.2, 0.25) is 0 Å². The van der Waals surface area contributed by atoms with Crippen molar-refractivity contribution in [1.82, 2.24) is 39.9 Å². The summed E-state index contributed by atoms with van der Waals surface area (Å²) in [7, 11) is 0. The number of nitrogens with zero attached hydrogens (tertiary/aromatic N) is 4. The van der Waals surface area contributed by atoms with Crippen molar-refractivity contribution in [3.8, 4) is 101 Å². The Kier molecular flexibility index (Phi) is 19.7. The van der Waals surface area contributed by atoms with Gasteiger partial charge in [0.25, 0.3) is 0 Å². The highest BCUT2D eigenvalue weighted by Gasteiger charge is 2.62. The maximum absolute atomic E-state index is 18.2. The Morgan fingerprint density at radius 1 is 0.232 bits per heavy atom. The number of halogens is 38. The first kappa shape index (κ1) is 89.6. The monoisotopic (exact) mass is 1970 g/mol. The molecule has 50 heteroatoms. The smallest absolute Gasteiger partial charge is 0.240 e. The number of carbonyl (C=O) groups is 2.